The summed E-state index contributed by atoms with van der Waals surface area (Å²) in [5, 5.41) is 11.0. The molecule has 0 spiro atoms. The van der Waals surface area contributed by atoms with Crippen molar-refractivity contribution >= 4 is 11.6 Å². The average molecular weight is 293 g/mol. The summed E-state index contributed by atoms with van der Waals surface area (Å²) in [6.07, 6.45) is -0.827. The molecule has 0 bridgehead atoms. The number of halogens is 1. The number of methoxy groups -OCH3 is 2. The Morgan fingerprint density at radius 2 is 1.60 bits per heavy atom. The lowest BCUT2D eigenvalue weighted by Crippen LogP contribution is -2.02. The van der Waals surface area contributed by atoms with Crippen molar-refractivity contribution in [3.05, 3.63) is 58.1 Å². The maximum Gasteiger partial charge on any atom is 0.122 e. The summed E-state index contributed by atoms with van der Waals surface area (Å²) in [6.45, 7) is 1.95. The number of hydrogen-bond donors (Lipinski definition) is 1. The molecule has 2 aromatic rings. The highest BCUT2D eigenvalue weighted by Crippen LogP contribution is 2.33. The molecule has 1 unspecified atom stereocenters. The Morgan fingerprint density at radius 3 is 2.10 bits per heavy atom. The number of ether oxygens (including phenoxy) is 2. The van der Waals surface area contributed by atoms with Crippen LogP contribution in [0.5, 0.6) is 11.5 Å². The molecular formula is C16H17ClO3. The van der Waals surface area contributed by atoms with Crippen molar-refractivity contribution in [3.8, 4) is 11.5 Å². The first-order valence-electron chi connectivity index (χ1n) is 6.22. The number of benzene rings is 2. The highest BCUT2D eigenvalue weighted by Gasteiger charge is 2.16. The molecule has 3 nitrogen and oxygen atoms in total. The third-order valence-corrected chi connectivity index (χ3v) is 3.47. The summed E-state index contributed by atoms with van der Waals surface area (Å²) in [5.41, 5.74) is 2.38. The molecule has 0 saturated heterocycles. The average Bonchev–Trinajstić information content (AvgIpc) is 2.46. The van der Waals surface area contributed by atoms with Gasteiger partial charge in [-0.3, -0.25) is 0 Å². The predicted molar refractivity (Wildman–Crippen MR) is 79.8 cm³/mol. The quantitative estimate of drug-likeness (QED) is 0.933. The van der Waals surface area contributed by atoms with Crippen LogP contribution in [0, 0.1) is 6.92 Å². The van der Waals surface area contributed by atoms with E-state index in [4.69, 9.17) is 21.1 Å². The Hall–Kier alpha value is -1.71. The van der Waals surface area contributed by atoms with E-state index in [-0.39, 0.29) is 0 Å². The van der Waals surface area contributed by atoms with E-state index >= 15 is 0 Å². The monoisotopic (exact) mass is 292 g/mol. The van der Waals surface area contributed by atoms with E-state index in [1.807, 2.05) is 25.1 Å². The minimum absolute atomic E-state index is 0.541. The van der Waals surface area contributed by atoms with Crippen LogP contribution in [0.2, 0.25) is 5.02 Å². The minimum Gasteiger partial charge on any atom is -0.497 e. The standard InChI is InChI=1S/C16H17ClO3/c1-10-4-5-14(15(17)6-10)16(18)11-7-12(19-2)9-13(8-11)20-3/h4-9,16,18H,1-3H3. The molecule has 2 aromatic carbocycles. The first-order valence-corrected chi connectivity index (χ1v) is 6.60. The van der Waals surface area contributed by atoms with Crippen LogP contribution in [-0.2, 0) is 0 Å². The number of aliphatic hydroxyl groups is 1. The zero-order valence-electron chi connectivity index (χ0n) is 11.7. The van der Waals surface area contributed by atoms with Gasteiger partial charge in [-0.1, -0.05) is 23.7 Å². The Morgan fingerprint density at radius 1 is 1.00 bits per heavy atom. The first kappa shape index (κ1) is 14.7. The molecular weight excluding hydrogens is 276 g/mol. The van der Waals surface area contributed by atoms with Gasteiger partial charge in [0.15, 0.2) is 0 Å². The van der Waals surface area contributed by atoms with E-state index in [2.05, 4.69) is 0 Å². The van der Waals surface area contributed by atoms with Gasteiger partial charge in [0.2, 0.25) is 0 Å². The van der Waals surface area contributed by atoms with Crippen molar-refractivity contribution in [2.75, 3.05) is 14.2 Å². The van der Waals surface area contributed by atoms with E-state index < -0.39 is 6.10 Å². The second kappa shape index (κ2) is 6.16. The second-order valence-corrected chi connectivity index (χ2v) is 4.98. The van der Waals surface area contributed by atoms with Crippen molar-refractivity contribution < 1.29 is 14.6 Å². The van der Waals surface area contributed by atoms with E-state index in [1.165, 1.54) is 0 Å². The molecule has 0 radical (unpaired) electrons. The summed E-state index contributed by atoms with van der Waals surface area (Å²) in [5.74, 6) is 1.25. The molecule has 4 heteroatoms. The molecule has 0 saturated carbocycles. The predicted octanol–water partition coefficient (Wildman–Crippen LogP) is 3.75. The first-order chi connectivity index (χ1) is 9.55. The normalized spacial score (nSPS) is 12.1. The Labute approximate surface area is 123 Å². The third kappa shape index (κ3) is 3.06. The summed E-state index contributed by atoms with van der Waals surface area (Å²) < 4.78 is 10.4. The van der Waals surface area contributed by atoms with Crippen LogP contribution >= 0.6 is 11.6 Å². The second-order valence-electron chi connectivity index (χ2n) is 4.57. The van der Waals surface area contributed by atoms with Gasteiger partial charge >= 0.3 is 0 Å². The van der Waals surface area contributed by atoms with E-state index in [1.54, 1.807) is 32.4 Å². The number of aryl methyl sites for hydroxylation is 1. The third-order valence-electron chi connectivity index (χ3n) is 3.14. The molecule has 1 N–H and O–H groups in total. The van der Waals surface area contributed by atoms with Crippen molar-refractivity contribution in [2.24, 2.45) is 0 Å². The Bertz CT molecular complexity index is 588. The van der Waals surface area contributed by atoms with Gasteiger partial charge in [-0.15, -0.1) is 0 Å². The summed E-state index contributed by atoms with van der Waals surface area (Å²) in [7, 11) is 3.15. The largest absolute Gasteiger partial charge is 0.497 e. The van der Waals surface area contributed by atoms with Gasteiger partial charge in [-0.2, -0.15) is 0 Å². The Kier molecular flexibility index (Phi) is 4.53. The maximum absolute atomic E-state index is 10.5. The van der Waals surface area contributed by atoms with Gasteiger partial charge in [0.05, 0.1) is 14.2 Å². The van der Waals surface area contributed by atoms with Crippen LogP contribution in [0.3, 0.4) is 0 Å². The van der Waals surface area contributed by atoms with E-state index in [9.17, 15) is 5.11 Å². The van der Waals surface area contributed by atoms with Gasteiger partial charge in [0, 0.05) is 16.7 Å². The number of aliphatic hydroxyl groups excluding tert-OH is 1. The smallest absolute Gasteiger partial charge is 0.122 e. The van der Waals surface area contributed by atoms with E-state index in [0.29, 0.717) is 27.6 Å². The molecule has 2 rings (SSSR count). The lowest BCUT2D eigenvalue weighted by molar-refractivity contribution is 0.219. The van der Waals surface area contributed by atoms with Crippen LogP contribution < -0.4 is 9.47 Å². The minimum atomic E-state index is -0.827. The summed E-state index contributed by atoms with van der Waals surface area (Å²) in [6, 6.07) is 10.9. The van der Waals surface area contributed by atoms with Gasteiger partial charge in [0.1, 0.15) is 17.6 Å². The fraction of sp³-hybridized carbons (Fsp3) is 0.250. The maximum atomic E-state index is 10.5. The molecule has 0 heterocycles. The molecule has 0 aliphatic carbocycles. The van der Waals surface area contributed by atoms with Crippen molar-refractivity contribution in [1.29, 1.82) is 0 Å². The Balaban J connectivity index is 2.44. The number of rotatable bonds is 4. The fourth-order valence-electron chi connectivity index (χ4n) is 2.02. The molecule has 0 aromatic heterocycles. The van der Waals surface area contributed by atoms with Crippen LogP contribution in [0.4, 0.5) is 0 Å². The van der Waals surface area contributed by atoms with E-state index in [0.717, 1.165) is 5.56 Å². The molecule has 0 amide bonds. The van der Waals surface area contributed by atoms with Crippen LogP contribution in [-0.4, -0.2) is 19.3 Å². The highest BCUT2D eigenvalue weighted by molar-refractivity contribution is 6.31. The summed E-state index contributed by atoms with van der Waals surface area (Å²) in [4.78, 5) is 0. The molecule has 0 aliphatic heterocycles. The van der Waals surface area contributed by atoms with Gasteiger partial charge in [-0.25, -0.2) is 0 Å². The lowest BCUT2D eigenvalue weighted by atomic mass is 10.00. The molecule has 106 valence electrons. The van der Waals surface area contributed by atoms with Crippen molar-refractivity contribution in [1.82, 2.24) is 0 Å². The van der Waals surface area contributed by atoms with Crippen LogP contribution in [0.25, 0.3) is 0 Å². The lowest BCUT2D eigenvalue weighted by Gasteiger charge is -2.16. The zero-order chi connectivity index (χ0) is 14.7. The van der Waals surface area contributed by atoms with Crippen molar-refractivity contribution in [3.63, 3.8) is 0 Å². The van der Waals surface area contributed by atoms with Gasteiger partial charge in [0.25, 0.3) is 0 Å². The van der Waals surface area contributed by atoms with Gasteiger partial charge < -0.3 is 14.6 Å². The zero-order valence-corrected chi connectivity index (χ0v) is 12.4. The topological polar surface area (TPSA) is 38.7 Å². The van der Waals surface area contributed by atoms with Gasteiger partial charge in [-0.05, 0) is 36.2 Å². The number of hydrogen-bond acceptors (Lipinski definition) is 3. The highest BCUT2D eigenvalue weighted by atomic mass is 35.5. The molecule has 20 heavy (non-hydrogen) atoms. The van der Waals surface area contributed by atoms with Crippen LogP contribution in [0.15, 0.2) is 36.4 Å². The SMILES string of the molecule is COc1cc(OC)cc(C(O)c2ccc(C)cc2Cl)c1. The molecule has 0 aliphatic rings. The molecule has 1 atom stereocenters. The molecule has 0 fully saturated rings. The van der Waals surface area contributed by atoms with Crippen molar-refractivity contribution in [2.45, 2.75) is 13.0 Å². The fourth-order valence-corrected chi connectivity index (χ4v) is 2.36. The van der Waals surface area contributed by atoms with Crippen LogP contribution in [0.1, 0.15) is 22.8 Å². The summed E-state index contributed by atoms with van der Waals surface area (Å²) >= 11 is 6.20.